The van der Waals surface area contributed by atoms with Crippen LogP contribution in [0.2, 0.25) is 0 Å². The maximum atomic E-state index is 12.2. The van der Waals surface area contributed by atoms with Gasteiger partial charge in [-0.2, -0.15) is 0 Å². The maximum absolute atomic E-state index is 12.2. The van der Waals surface area contributed by atoms with E-state index in [9.17, 15) is 8.42 Å². The van der Waals surface area contributed by atoms with Gasteiger partial charge in [-0.15, -0.1) is 0 Å². The monoisotopic (exact) mass is 327 g/mol. The molecule has 1 heterocycles. The molecular formula is C15H25N3O3S. The predicted molar refractivity (Wildman–Crippen MR) is 86.7 cm³/mol. The minimum absolute atomic E-state index is 0.275. The molecule has 0 atom stereocenters. The predicted octanol–water partition coefficient (Wildman–Crippen LogP) is 0.659. The van der Waals surface area contributed by atoms with E-state index in [1.165, 1.54) is 0 Å². The fourth-order valence-corrected chi connectivity index (χ4v) is 3.31. The Labute approximate surface area is 132 Å². The van der Waals surface area contributed by atoms with Crippen LogP contribution < -0.4 is 14.8 Å². The molecule has 0 spiro atoms. The van der Waals surface area contributed by atoms with Gasteiger partial charge in [0.2, 0.25) is 10.0 Å². The Bertz CT molecular complexity index is 540. The van der Waals surface area contributed by atoms with Crippen molar-refractivity contribution in [3.8, 4) is 5.75 Å². The van der Waals surface area contributed by atoms with Crippen LogP contribution in [0.4, 0.5) is 0 Å². The average Bonchev–Trinajstić information content (AvgIpc) is 2.54. The molecule has 1 aliphatic rings. The fraction of sp³-hybridized carbons (Fsp3) is 0.600. The van der Waals surface area contributed by atoms with E-state index in [0.717, 1.165) is 39.1 Å². The highest BCUT2D eigenvalue weighted by Crippen LogP contribution is 2.15. The van der Waals surface area contributed by atoms with Gasteiger partial charge >= 0.3 is 0 Å². The standard InChI is InChI=1S/C15H25N3O3S/c1-2-13-21-14-3-5-15(6-4-14)22(19,20)17-9-12-18-10-7-16-8-11-18/h3-6,16-17H,2,7-13H2,1H3. The molecule has 0 radical (unpaired) electrons. The minimum Gasteiger partial charge on any atom is -0.494 e. The SMILES string of the molecule is CCCOc1ccc(S(=O)(=O)NCCN2CCNCC2)cc1. The number of sulfonamides is 1. The topological polar surface area (TPSA) is 70.7 Å². The molecule has 7 heteroatoms. The first-order valence-electron chi connectivity index (χ1n) is 7.77. The second-order valence-corrected chi connectivity index (χ2v) is 7.08. The lowest BCUT2D eigenvalue weighted by atomic mass is 10.3. The van der Waals surface area contributed by atoms with Crippen LogP contribution in [0.5, 0.6) is 5.75 Å². The number of piperazine rings is 1. The van der Waals surface area contributed by atoms with Crippen LogP contribution in [0.15, 0.2) is 29.2 Å². The Morgan fingerprint density at radius 1 is 1.23 bits per heavy atom. The van der Waals surface area contributed by atoms with Crippen molar-refractivity contribution in [3.63, 3.8) is 0 Å². The van der Waals surface area contributed by atoms with Gasteiger partial charge in [0.1, 0.15) is 5.75 Å². The van der Waals surface area contributed by atoms with Crippen molar-refractivity contribution < 1.29 is 13.2 Å². The van der Waals surface area contributed by atoms with Crippen LogP contribution >= 0.6 is 0 Å². The van der Waals surface area contributed by atoms with E-state index in [0.29, 0.717) is 18.9 Å². The first-order chi connectivity index (χ1) is 10.6. The molecule has 0 aliphatic carbocycles. The maximum Gasteiger partial charge on any atom is 0.240 e. The lowest BCUT2D eigenvalue weighted by Crippen LogP contribution is -2.46. The van der Waals surface area contributed by atoms with Crippen LogP contribution in [-0.2, 0) is 10.0 Å². The van der Waals surface area contributed by atoms with Gasteiger partial charge < -0.3 is 10.1 Å². The molecule has 0 bridgehead atoms. The minimum atomic E-state index is -3.45. The van der Waals surface area contributed by atoms with Crippen molar-refractivity contribution in [1.82, 2.24) is 14.9 Å². The van der Waals surface area contributed by atoms with Gasteiger partial charge in [-0.1, -0.05) is 6.92 Å². The van der Waals surface area contributed by atoms with Crippen molar-refractivity contribution in [2.45, 2.75) is 18.2 Å². The van der Waals surface area contributed by atoms with Crippen molar-refractivity contribution in [2.24, 2.45) is 0 Å². The quantitative estimate of drug-likeness (QED) is 0.734. The summed E-state index contributed by atoms with van der Waals surface area (Å²) in [5, 5.41) is 3.27. The molecule has 0 amide bonds. The molecule has 1 saturated heterocycles. The zero-order valence-corrected chi connectivity index (χ0v) is 13.9. The summed E-state index contributed by atoms with van der Waals surface area (Å²) in [6, 6.07) is 6.55. The largest absolute Gasteiger partial charge is 0.494 e. The molecular weight excluding hydrogens is 302 g/mol. The number of benzene rings is 1. The molecule has 1 aromatic rings. The summed E-state index contributed by atoms with van der Waals surface area (Å²) < 4.78 is 32.5. The Kier molecular flexibility index (Phi) is 6.63. The van der Waals surface area contributed by atoms with Gasteiger partial charge in [0.25, 0.3) is 0 Å². The fourth-order valence-electron chi connectivity index (χ4n) is 2.29. The third-order valence-electron chi connectivity index (χ3n) is 3.54. The zero-order valence-electron chi connectivity index (χ0n) is 13.0. The van der Waals surface area contributed by atoms with Crippen molar-refractivity contribution in [2.75, 3.05) is 45.9 Å². The Morgan fingerprint density at radius 3 is 2.55 bits per heavy atom. The lowest BCUT2D eigenvalue weighted by Gasteiger charge is -2.27. The van der Waals surface area contributed by atoms with Gasteiger partial charge in [0.05, 0.1) is 11.5 Å². The lowest BCUT2D eigenvalue weighted by molar-refractivity contribution is 0.245. The first-order valence-corrected chi connectivity index (χ1v) is 9.26. The molecule has 22 heavy (non-hydrogen) atoms. The molecule has 6 nitrogen and oxygen atoms in total. The van der Waals surface area contributed by atoms with E-state index >= 15 is 0 Å². The van der Waals surface area contributed by atoms with E-state index in [1.807, 2.05) is 6.92 Å². The second kappa shape index (κ2) is 8.47. The molecule has 1 aromatic carbocycles. The van der Waals surface area contributed by atoms with E-state index in [2.05, 4.69) is 14.9 Å². The van der Waals surface area contributed by atoms with E-state index in [-0.39, 0.29) is 4.90 Å². The molecule has 1 aliphatic heterocycles. The highest BCUT2D eigenvalue weighted by Gasteiger charge is 2.15. The molecule has 0 saturated carbocycles. The van der Waals surface area contributed by atoms with Crippen LogP contribution in [0.3, 0.4) is 0 Å². The molecule has 124 valence electrons. The highest BCUT2D eigenvalue weighted by molar-refractivity contribution is 7.89. The molecule has 1 fully saturated rings. The van der Waals surface area contributed by atoms with Gasteiger partial charge in [0.15, 0.2) is 0 Å². The molecule has 2 N–H and O–H groups in total. The normalized spacial score (nSPS) is 16.6. The summed E-state index contributed by atoms with van der Waals surface area (Å²) >= 11 is 0. The van der Waals surface area contributed by atoms with Crippen LogP contribution in [0, 0.1) is 0 Å². The molecule has 0 unspecified atom stereocenters. The summed E-state index contributed by atoms with van der Waals surface area (Å²) in [7, 11) is -3.45. The van der Waals surface area contributed by atoms with Crippen LogP contribution in [0.25, 0.3) is 0 Å². The summed E-state index contributed by atoms with van der Waals surface area (Å²) in [5.74, 6) is 0.696. The number of hydrogen-bond donors (Lipinski definition) is 2. The van der Waals surface area contributed by atoms with E-state index in [1.54, 1.807) is 24.3 Å². The Balaban J connectivity index is 1.83. The third kappa shape index (κ3) is 5.24. The number of nitrogens with zero attached hydrogens (tertiary/aromatic N) is 1. The molecule has 0 aromatic heterocycles. The second-order valence-electron chi connectivity index (χ2n) is 5.31. The Morgan fingerprint density at radius 2 is 1.91 bits per heavy atom. The number of nitrogens with one attached hydrogen (secondary N) is 2. The summed E-state index contributed by atoms with van der Waals surface area (Å²) in [6.45, 7) is 7.68. The zero-order chi connectivity index (χ0) is 15.8. The first kappa shape index (κ1) is 17.2. The Hall–Kier alpha value is -1.15. The van der Waals surface area contributed by atoms with Crippen molar-refractivity contribution in [1.29, 1.82) is 0 Å². The van der Waals surface area contributed by atoms with Crippen LogP contribution in [0.1, 0.15) is 13.3 Å². The highest BCUT2D eigenvalue weighted by atomic mass is 32.2. The van der Waals surface area contributed by atoms with Gasteiger partial charge in [0, 0.05) is 39.3 Å². The average molecular weight is 327 g/mol. The van der Waals surface area contributed by atoms with Gasteiger partial charge in [-0.3, -0.25) is 4.90 Å². The summed E-state index contributed by atoms with van der Waals surface area (Å²) in [4.78, 5) is 2.53. The van der Waals surface area contributed by atoms with Crippen molar-refractivity contribution in [3.05, 3.63) is 24.3 Å². The summed E-state index contributed by atoms with van der Waals surface area (Å²) in [6.07, 6.45) is 0.924. The number of rotatable bonds is 8. The summed E-state index contributed by atoms with van der Waals surface area (Å²) in [5.41, 5.74) is 0. The van der Waals surface area contributed by atoms with Gasteiger partial charge in [-0.05, 0) is 30.7 Å². The smallest absolute Gasteiger partial charge is 0.240 e. The van der Waals surface area contributed by atoms with Crippen molar-refractivity contribution >= 4 is 10.0 Å². The van der Waals surface area contributed by atoms with Gasteiger partial charge in [-0.25, -0.2) is 13.1 Å². The van der Waals surface area contributed by atoms with E-state index < -0.39 is 10.0 Å². The van der Waals surface area contributed by atoms with E-state index in [4.69, 9.17) is 4.74 Å². The molecule has 2 rings (SSSR count). The number of ether oxygens (including phenoxy) is 1. The third-order valence-corrected chi connectivity index (χ3v) is 5.01. The van der Waals surface area contributed by atoms with Crippen LogP contribution in [-0.4, -0.2) is 59.2 Å². The number of hydrogen-bond acceptors (Lipinski definition) is 5.